The van der Waals surface area contributed by atoms with Gasteiger partial charge < -0.3 is 26.3 Å². The van der Waals surface area contributed by atoms with Gasteiger partial charge in [-0.25, -0.2) is 4.79 Å². The van der Waals surface area contributed by atoms with Crippen LogP contribution in [0.2, 0.25) is 0 Å². The molecule has 1 fully saturated rings. The van der Waals surface area contributed by atoms with Crippen LogP contribution in [0.3, 0.4) is 0 Å². The zero-order valence-corrected chi connectivity index (χ0v) is 14.1. The third-order valence-electron chi connectivity index (χ3n) is 3.57. The molecule has 1 aromatic rings. The van der Waals surface area contributed by atoms with E-state index in [1.54, 1.807) is 6.07 Å². The van der Waals surface area contributed by atoms with Crippen molar-refractivity contribution in [1.29, 1.82) is 0 Å². The van der Waals surface area contributed by atoms with Crippen molar-refractivity contribution in [2.75, 3.05) is 0 Å². The lowest BCUT2D eigenvalue weighted by atomic mass is 9.95. The summed E-state index contributed by atoms with van der Waals surface area (Å²) in [4.78, 5) is 10.7. The maximum absolute atomic E-state index is 11.5. The topological polar surface area (TPSA) is 123 Å². The molecular formula is C16H23F3N4O3. The summed E-state index contributed by atoms with van der Waals surface area (Å²) in [6.45, 7) is 0. The second-order valence-corrected chi connectivity index (χ2v) is 5.58. The first-order valence-corrected chi connectivity index (χ1v) is 8.00. The highest BCUT2D eigenvalue weighted by atomic mass is 19.4. The highest BCUT2D eigenvalue weighted by molar-refractivity contribution is 5.86. The average Bonchev–Trinajstić information content (AvgIpc) is 2.56. The van der Waals surface area contributed by atoms with Gasteiger partial charge in [-0.3, -0.25) is 5.84 Å². The summed E-state index contributed by atoms with van der Waals surface area (Å²) < 4.78 is 38.2. The molecule has 1 aliphatic rings. The predicted molar refractivity (Wildman–Crippen MR) is 89.3 cm³/mol. The summed E-state index contributed by atoms with van der Waals surface area (Å²) in [5.74, 6) is 3.83. The predicted octanol–water partition coefficient (Wildman–Crippen LogP) is 2.17. The van der Waals surface area contributed by atoms with Gasteiger partial charge in [0.15, 0.2) is 5.70 Å². The van der Waals surface area contributed by atoms with E-state index in [-0.39, 0.29) is 23.3 Å². The molecule has 146 valence electrons. The number of benzene rings is 1. The van der Waals surface area contributed by atoms with E-state index in [1.165, 1.54) is 30.7 Å². The number of hydrazine groups is 1. The van der Waals surface area contributed by atoms with Crippen LogP contribution >= 0.6 is 0 Å². The van der Waals surface area contributed by atoms with Gasteiger partial charge in [0.05, 0.1) is 0 Å². The number of ether oxygens (including phenoxy) is 1. The van der Waals surface area contributed by atoms with Crippen molar-refractivity contribution in [1.82, 2.24) is 10.7 Å². The summed E-state index contributed by atoms with van der Waals surface area (Å²) >= 11 is 0. The van der Waals surface area contributed by atoms with Crippen molar-refractivity contribution in [2.45, 2.75) is 44.5 Å². The molecule has 0 aliphatic heterocycles. The molecular weight excluding hydrogens is 353 g/mol. The zero-order valence-electron chi connectivity index (χ0n) is 14.1. The van der Waals surface area contributed by atoms with Gasteiger partial charge in [0, 0.05) is 6.04 Å². The van der Waals surface area contributed by atoms with Crippen molar-refractivity contribution >= 4 is 5.97 Å². The van der Waals surface area contributed by atoms with E-state index in [1.807, 2.05) is 0 Å². The summed E-state index contributed by atoms with van der Waals surface area (Å²) in [6, 6.07) is 7.31. The Hall–Kier alpha value is -2.62. The van der Waals surface area contributed by atoms with E-state index in [2.05, 4.69) is 15.5 Å². The van der Waals surface area contributed by atoms with E-state index in [9.17, 15) is 18.0 Å². The second kappa shape index (κ2) is 10.4. The fourth-order valence-electron chi connectivity index (χ4n) is 2.42. The maximum Gasteiger partial charge on any atom is 0.573 e. The Morgan fingerprint density at radius 2 is 1.73 bits per heavy atom. The van der Waals surface area contributed by atoms with Crippen molar-refractivity contribution in [3.8, 4) is 5.75 Å². The minimum Gasteiger partial charge on any atom is -0.476 e. The molecule has 0 unspecified atom stereocenters. The maximum atomic E-state index is 11.5. The minimum atomic E-state index is -4.60. The van der Waals surface area contributed by atoms with Gasteiger partial charge in [-0.05, 0) is 25.0 Å². The second-order valence-electron chi connectivity index (χ2n) is 5.58. The quantitative estimate of drug-likeness (QED) is 0.303. The molecule has 1 aliphatic carbocycles. The SMILES string of the molecule is FC(F)(F)Oc1ccccc1.NN/C(C(=O)O)=C(\N)NC1CCCCC1. The first kappa shape index (κ1) is 21.4. The van der Waals surface area contributed by atoms with Crippen LogP contribution in [-0.4, -0.2) is 23.5 Å². The molecule has 0 bridgehead atoms. The summed E-state index contributed by atoms with van der Waals surface area (Å²) in [6.07, 6.45) is 1.01. The van der Waals surface area contributed by atoms with Crippen molar-refractivity contribution in [2.24, 2.45) is 11.6 Å². The standard InChI is InChI=1S/C9H18N4O2.C7H5F3O/c10-8(7(13-11)9(14)15)12-6-4-2-1-3-5-6;8-7(9,10)11-6-4-2-1-3-5-6/h6,12-13H,1-5,10-11H2,(H,14,15);1-5H/b8-7+;. The first-order chi connectivity index (χ1) is 12.2. The molecule has 0 radical (unpaired) electrons. The van der Waals surface area contributed by atoms with Crippen LogP contribution in [-0.2, 0) is 4.79 Å². The molecule has 26 heavy (non-hydrogen) atoms. The van der Waals surface area contributed by atoms with Gasteiger partial charge in [0.2, 0.25) is 0 Å². The Balaban J connectivity index is 0.000000273. The van der Waals surface area contributed by atoms with E-state index in [0.29, 0.717) is 0 Å². The number of rotatable bonds is 5. The number of halogens is 3. The van der Waals surface area contributed by atoms with E-state index >= 15 is 0 Å². The van der Waals surface area contributed by atoms with Gasteiger partial charge in [-0.2, -0.15) is 0 Å². The Kier molecular flexibility index (Phi) is 8.56. The molecule has 10 heteroatoms. The Morgan fingerprint density at radius 1 is 1.15 bits per heavy atom. The smallest absolute Gasteiger partial charge is 0.476 e. The fraction of sp³-hybridized carbons (Fsp3) is 0.438. The molecule has 0 aromatic heterocycles. The number of carboxylic acids is 1. The molecule has 0 atom stereocenters. The molecule has 0 heterocycles. The summed E-state index contributed by atoms with van der Waals surface area (Å²) in [7, 11) is 0. The minimum absolute atomic E-state index is 0.108. The molecule has 7 nitrogen and oxygen atoms in total. The Morgan fingerprint density at radius 3 is 2.19 bits per heavy atom. The lowest BCUT2D eigenvalue weighted by molar-refractivity contribution is -0.274. The lowest BCUT2D eigenvalue weighted by Gasteiger charge is -2.24. The van der Waals surface area contributed by atoms with Gasteiger partial charge in [0.25, 0.3) is 0 Å². The number of hydrogen-bond acceptors (Lipinski definition) is 6. The largest absolute Gasteiger partial charge is 0.573 e. The Bertz CT molecular complexity index is 588. The third-order valence-corrected chi connectivity index (χ3v) is 3.57. The first-order valence-electron chi connectivity index (χ1n) is 8.00. The van der Waals surface area contributed by atoms with Gasteiger partial charge in [-0.15, -0.1) is 13.2 Å². The normalized spacial score (nSPS) is 15.8. The number of alkyl halides is 3. The lowest BCUT2D eigenvalue weighted by Crippen LogP contribution is -2.39. The number of aliphatic carboxylic acids is 1. The Labute approximate surface area is 149 Å². The monoisotopic (exact) mass is 376 g/mol. The molecule has 1 saturated carbocycles. The summed E-state index contributed by atoms with van der Waals surface area (Å²) in [5, 5.41) is 11.7. The molecule has 7 N–H and O–H groups in total. The fourth-order valence-corrected chi connectivity index (χ4v) is 2.42. The van der Waals surface area contributed by atoms with Crippen molar-refractivity contribution in [3.05, 3.63) is 41.8 Å². The molecule has 0 spiro atoms. The van der Waals surface area contributed by atoms with Gasteiger partial charge in [0.1, 0.15) is 11.6 Å². The van der Waals surface area contributed by atoms with Crippen molar-refractivity contribution < 1.29 is 27.8 Å². The number of nitrogens with two attached hydrogens (primary N) is 2. The van der Waals surface area contributed by atoms with Crippen LogP contribution in [0.4, 0.5) is 13.2 Å². The number of para-hydroxylation sites is 1. The van der Waals surface area contributed by atoms with E-state index in [0.717, 1.165) is 25.7 Å². The molecule has 0 saturated heterocycles. The van der Waals surface area contributed by atoms with E-state index < -0.39 is 12.3 Å². The number of carboxylic acid groups (broad SMARTS) is 1. The molecule has 2 rings (SSSR count). The summed E-state index contributed by atoms with van der Waals surface area (Å²) in [5.41, 5.74) is 7.51. The van der Waals surface area contributed by atoms with Crippen LogP contribution in [0.25, 0.3) is 0 Å². The highest BCUT2D eigenvalue weighted by Crippen LogP contribution is 2.21. The van der Waals surface area contributed by atoms with Crippen LogP contribution in [0, 0.1) is 0 Å². The number of hydrogen-bond donors (Lipinski definition) is 5. The highest BCUT2D eigenvalue weighted by Gasteiger charge is 2.30. The van der Waals surface area contributed by atoms with Crippen LogP contribution in [0.5, 0.6) is 5.75 Å². The van der Waals surface area contributed by atoms with Crippen LogP contribution in [0.1, 0.15) is 32.1 Å². The van der Waals surface area contributed by atoms with Crippen LogP contribution < -0.4 is 27.1 Å². The van der Waals surface area contributed by atoms with Gasteiger partial charge >= 0.3 is 12.3 Å². The van der Waals surface area contributed by atoms with E-state index in [4.69, 9.17) is 16.7 Å². The number of carbonyl (C=O) groups is 1. The van der Waals surface area contributed by atoms with Crippen molar-refractivity contribution in [3.63, 3.8) is 0 Å². The third kappa shape index (κ3) is 8.47. The zero-order chi connectivity index (χ0) is 19.6. The van der Waals surface area contributed by atoms with Crippen LogP contribution in [0.15, 0.2) is 41.8 Å². The number of nitrogens with one attached hydrogen (secondary N) is 2. The molecule has 1 aromatic carbocycles. The molecule has 0 amide bonds. The average molecular weight is 376 g/mol. The van der Waals surface area contributed by atoms with Gasteiger partial charge in [-0.1, -0.05) is 37.5 Å².